The molecule has 0 spiro atoms. The van der Waals surface area contributed by atoms with Gasteiger partial charge < -0.3 is 15.4 Å². The van der Waals surface area contributed by atoms with Gasteiger partial charge in [0.05, 0.1) is 6.54 Å². The summed E-state index contributed by atoms with van der Waals surface area (Å²) in [6.07, 6.45) is 2.22. The first kappa shape index (κ1) is 22.7. The molecule has 2 unspecified atom stereocenters. The molecule has 8 heteroatoms. The third kappa shape index (κ3) is 4.52. The van der Waals surface area contributed by atoms with Crippen LogP contribution in [0.15, 0.2) is 54.6 Å². The molecule has 2 heterocycles. The van der Waals surface area contributed by atoms with Gasteiger partial charge in [0.15, 0.2) is 5.78 Å². The fourth-order valence-corrected chi connectivity index (χ4v) is 4.36. The van der Waals surface area contributed by atoms with Crippen molar-refractivity contribution in [3.8, 4) is 0 Å². The van der Waals surface area contributed by atoms with Crippen LogP contribution in [0.5, 0.6) is 0 Å². The number of Topliss-reactive ketones (excluding diaryl/α,β-unsaturated/α-hetero) is 1. The van der Waals surface area contributed by atoms with E-state index in [1.807, 2.05) is 37.3 Å². The Labute approximate surface area is 192 Å². The van der Waals surface area contributed by atoms with Crippen molar-refractivity contribution < 1.29 is 23.9 Å². The summed E-state index contributed by atoms with van der Waals surface area (Å²) in [6.45, 7) is 2.17. The molecule has 2 aliphatic rings. The van der Waals surface area contributed by atoms with E-state index in [1.165, 1.54) is 0 Å². The average molecular weight is 450 g/mol. The lowest BCUT2D eigenvalue weighted by Gasteiger charge is -2.26. The number of hydrogen-bond acceptors (Lipinski definition) is 5. The zero-order valence-electron chi connectivity index (χ0n) is 18.5. The number of hydrogen-bond donors (Lipinski definition) is 2. The van der Waals surface area contributed by atoms with E-state index in [9.17, 15) is 19.2 Å². The van der Waals surface area contributed by atoms with Crippen molar-refractivity contribution in [3.05, 3.63) is 65.7 Å². The molecule has 2 fully saturated rings. The summed E-state index contributed by atoms with van der Waals surface area (Å²) in [4.78, 5) is 52.0. The van der Waals surface area contributed by atoms with Crippen LogP contribution in [0.3, 0.4) is 0 Å². The van der Waals surface area contributed by atoms with Crippen LogP contribution in [0.2, 0.25) is 0 Å². The van der Waals surface area contributed by atoms with Gasteiger partial charge in [-0.3, -0.25) is 19.3 Å². The highest BCUT2D eigenvalue weighted by Gasteiger charge is 2.52. The van der Waals surface area contributed by atoms with Crippen LogP contribution >= 0.6 is 0 Å². The fraction of sp³-hybridized carbons (Fsp3) is 0.360. The number of benzene rings is 2. The first-order valence-corrected chi connectivity index (χ1v) is 11.2. The normalized spacial score (nSPS) is 22.3. The zero-order valence-corrected chi connectivity index (χ0v) is 18.5. The molecular weight excluding hydrogens is 422 g/mol. The van der Waals surface area contributed by atoms with E-state index in [4.69, 9.17) is 4.74 Å². The van der Waals surface area contributed by atoms with Gasteiger partial charge >= 0.3 is 6.03 Å². The van der Waals surface area contributed by atoms with Crippen LogP contribution in [0, 0.1) is 0 Å². The number of anilines is 1. The van der Waals surface area contributed by atoms with Crippen LogP contribution in [0.1, 0.15) is 48.5 Å². The highest BCUT2D eigenvalue weighted by molar-refractivity contribution is 6.11. The number of carbonyl (C=O) groups is 4. The second kappa shape index (κ2) is 9.54. The molecule has 2 aliphatic heterocycles. The van der Waals surface area contributed by atoms with Gasteiger partial charge in [-0.1, -0.05) is 43.7 Å². The molecule has 4 rings (SSSR count). The summed E-state index contributed by atoms with van der Waals surface area (Å²) in [5.41, 5.74) is 0.432. The summed E-state index contributed by atoms with van der Waals surface area (Å²) in [6, 6.07) is 14.9. The molecule has 0 saturated carbocycles. The minimum atomic E-state index is -1.16. The van der Waals surface area contributed by atoms with Gasteiger partial charge in [-0.15, -0.1) is 0 Å². The van der Waals surface area contributed by atoms with Crippen molar-refractivity contribution in [1.82, 2.24) is 10.2 Å². The number of imide groups is 1. The topological polar surface area (TPSA) is 105 Å². The lowest BCUT2D eigenvalue weighted by Crippen LogP contribution is -2.44. The molecule has 0 radical (unpaired) electrons. The maximum atomic E-state index is 13.3. The summed E-state index contributed by atoms with van der Waals surface area (Å²) in [5, 5.41) is 5.60. The van der Waals surface area contributed by atoms with Crippen molar-refractivity contribution in [3.63, 3.8) is 0 Å². The van der Waals surface area contributed by atoms with Crippen LogP contribution in [0.4, 0.5) is 10.5 Å². The van der Waals surface area contributed by atoms with Crippen molar-refractivity contribution in [2.75, 3.05) is 18.5 Å². The van der Waals surface area contributed by atoms with E-state index in [0.717, 1.165) is 11.3 Å². The van der Waals surface area contributed by atoms with E-state index in [0.29, 0.717) is 42.7 Å². The third-order valence-electron chi connectivity index (χ3n) is 6.07. The Morgan fingerprint density at radius 2 is 1.85 bits per heavy atom. The van der Waals surface area contributed by atoms with Gasteiger partial charge in [-0.2, -0.15) is 0 Å². The van der Waals surface area contributed by atoms with Crippen molar-refractivity contribution >= 4 is 29.3 Å². The Balaban J connectivity index is 1.45. The Morgan fingerprint density at radius 3 is 2.48 bits per heavy atom. The third-order valence-corrected chi connectivity index (χ3v) is 6.07. The van der Waals surface area contributed by atoms with Crippen LogP contribution < -0.4 is 10.6 Å². The molecule has 2 saturated heterocycles. The monoisotopic (exact) mass is 449 g/mol. The largest absolute Gasteiger partial charge is 0.368 e. The quantitative estimate of drug-likeness (QED) is 0.476. The first-order chi connectivity index (χ1) is 15.9. The van der Waals surface area contributed by atoms with Gasteiger partial charge in [0, 0.05) is 17.9 Å². The maximum absolute atomic E-state index is 13.3. The first-order valence-electron chi connectivity index (χ1n) is 11.2. The molecular formula is C25H27N3O5. The van der Waals surface area contributed by atoms with Crippen molar-refractivity contribution in [1.29, 1.82) is 0 Å². The number of nitrogens with zero attached hydrogens (tertiary/aromatic N) is 1. The number of rotatable bonds is 8. The summed E-state index contributed by atoms with van der Waals surface area (Å²) in [5.74, 6) is -0.996. The van der Waals surface area contributed by atoms with Crippen LogP contribution in [-0.4, -0.2) is 47.8 Å². The maximum Gasteiger partial charge on any atom is 0.325 e. The summed E-state index contributed by atoms with van der Waals surface area (Å²) >= 11 is 0. The number of ketones is 1. The van der Waals surface area contributed by atoms with E-state index in [2.05, 4.69) is 10.6 Å². The standard InChI is InChI=1S/C25H27N3O5/c1-2-14-25(18-7-4-3-5-8-18)23(31)28(24(32)27-25)16-20(29)17-10-12-19(13-11-17)26-22(30)21-9-6-15-33-21/h3-5,7-8,10-13,21H,2,6,9,14-16H2,1H3,(H,26,30)(H,27,32). The van der Waals surface area contributed by atoms with Gasteiger partial charge in [-0.05, 0) is 49.1 Å². The molecule has 2 atom stereocenters. The minimum absolute atomic E-state index is 0.209. The molecule has 0 aliphatic carbocycles. The molecule has 4 amide bonds. The van der Waals surface area contributed by atoms with Gasteiger partial charge in [0.2, 0.25) is 0 Å². The lowest BCUT2D eigenvalue weighted by molar-refractivity contribution is -0.131. The highest BCUT2D eigenvalue weighted by atomic mass is 16.5. The van der Waals surface area contributed by atoms with E-state index < -0.39 is 23.6 Å². The Kier molecular flexibility index (Phi) is 6.55. The average Bonchev–Trinajstić information content (AvgIpc) is 3.44. The molecule has 2 N–H and O–H groups in total. The van der Waals surface area contributed by atoms with Gasteiger partial charge in [0.1, 0.15) is 11.6 Å². The minimum Gasteiger partial charge on any atom is -0.368 e. The van der Waals surface area contributed by atoms with Crippen molar-refractivity contribution in [2.24, 2.45) is 0 Å². The number of carbonyl (C=O) groups excluding carboxylic acids is 4. The van der Waals surface area contributed by atoms with Crippen LogP contribution in [0.25, 0.3) is 0 Å². The zero-order chi connectivity index (χ0) is 23.4. The molecule has 8 nitrogen and oxygen atoms in total. The number of amides is 4. The Hall–Kier alpha value is -3.52. The van der Waals surface area contributed by atoms with Crippen LogP contribution in [-0.2, 0) is 19.9 Å². The molecule has 0 aromatic heterocycles. The van der Waals surface area contributed by atoms with Crippen molar-refractivity contribution in [2.45, 2.75) is 44.2 Å². The molecule has 0 bridgehead atoms. The molecule has 33 heavy (non-hydrogen) atoms. The number of ether oxygens (including phenoxy) is 1. The van der Waals surface area contributed by atoms with E-state index in [-0.39, 0.29) is 18.2 Å². The SMILES string of the molecule is CCCC1(c2ccccc2)NC(=O)N(CC(=O)c2ccc(NC(=O)C3CCCO3)cc2)C1=O. The molecule has 2 aromatic rings. The van der Waals surface area contributed by atoms with Gasteiger partial charge in [-0.25, -0.2) is 4.79 Å². The highest BCUT2D eigenvalue weighted by Crippen LogP contribution is 2.33. The number of urea groups is 1. The van der Waals surface area contributed by atoms with E-state index in [1.54, 1.807) is 24.3 Å². The second-order valence-electron chi connectivity index (χ2n) is 8.33. The summed E-state index contributed by atoms with van der Waals surface area (Å²) in [7, 11) is 0. The predicted molar refractivity (Wildman–Crippen MR) is 122 cm³/mol. The molecule has 172 valence electrons. The molecule has 2 aromatic carbocycles. The van der Waals surface area contributed by atoms with Gasteiger partial charge in [0.25, 0.3) is 11.8 Å². The second-order valence-corrected chi connectivity index (χ2v) is 8.33. The number of nitrogens with one attached hydrogen (secondary N) is 2. The van der Waals surface area contributed by atoms with E-state index >= 15 is 0 Å². The Morgan fingerprint density at radius 1 is 1.12 bits per heavy atom. The fourth-order valence-electron chi connectivity index (χ4n) is 4.36. The predicted octanol–water partition coefficient (Wildman–Crippen LogP) is 3.23. The summed E-state index contributed by atoms with van der Waals surface area (Å²) < 4.78 is 5.37. The lowest BCUT2D eigenvalue weighted by atomic mass is 9.85. The Bertz CT molecular complexity index is 1050. The smallest absolute Gasteiger partial charge is 0.325 e.